The van der Waals surface area contributed by atoms with E-state index >= 15 is 0 Å². The van der Waals surface area contributed by atoms with Crippen LogP contribution < -0.4 is 0 Å². The fraction of sp³-hybridized carbons (Fsp3) is 0.444. The maximum Gasteiger partial charge on any atom is 0.345 e. The Kier molecular flexibility index (Phi) is 6.83. The van der Waals surface area contributed by atoms with Crippen LogP contribution in [0.15, 0.2) is 42.0 Å². The molecule has 0 aromatic heterocycles. The third kappa shape index (κ3) is 5.72. The molecule has 0 aliphatic rings. The smallest absolute Gasteiger partial charge is 0.345 e. The number of allylic oxidation sites excluding steroid dienone is 1. The Morgan fingerprint density at radius 2 is 1.32 bits per heavy atom. The molecule has 0 radical (unpaired) electrons. The molecule has 0 aliphatic carbocycles. The molecular weight excluding hydrogens is 280 g/mol. The van der Waals surface area contributed by atoms with Gasteiger partial charge < -0.3 is 9.47 Å². The summed E-state index contributed by atoms with van der Waals surface area (Å²) < 4.78 is 10.3. The molecule has 1 aromatic carbocycles. The Bertz CT molecular complexity index is 505. The first-order valence-corrected chi connectivity index (χ1v) is 7.50. The highest BCUT2D eigenvalue weighted by atomic mass is 16.6. The first-order chi connectivity index (χ1) is 10.3. The molecule has 0 bridgehead atoms. The predicted octanol–water partition coefficient (Wildman–Crippen LogP) is 3.62. The number of carbonyl (C=O) groups is 2. The lowest BCUT2D eigenvalue weighted by Gasteiger charge is -2.14. The average Bonchev–Trinajstić information content (AvgIpc) is 2.43. The van der Waals surface area contributed by atoms with Gasteiger partial charge in [0.2, 0.25) is 0 Å². The molecule has 0 unspecified atom stereocenters. The third-order valence-corrected chi connectivity index (χ3v) is 2.87. The van der Waals surface area contributed by atoms with Crippen LogP contribution in [0.1, 0.15) is 46.1 Å². The van der Waals surface area contributed by atoms with Crippen molar-refractivity contribution in [3.05, 3.63) is 47.5 Å². The van der Waals surface area contributed by atoms with E-state index in [4.69, 9.17) is 9.47 Å². The lowest BCUT2D eigenvalue weighted by atomic mass is 9.98. The van der Waals surface area contributed by atoms with Crippen molar-refractivity contribution in [1.82, 2.24) is 0 Å². The quantitative estimate of drug-likeness (QED) is 0.348. The fourth-order valence-corrected chi connectivity index (χ4v) is 1.88. The van der Waals surface area contributed by atoms with Crippen LogP contribution in [0, 0.1) is 0 Å². The van der Waals surface area contributed by atoms with Crippen LogP contribution in [0.25, 0.3) is 0 Å². The molecule has 22 heavy (non-hydrogen) atoms. The summed E-state index contributed by atoms with van der Waals surface area (Å²) in [5.74, 6) is -1.40. The average molecular weight is 304 g/mol. The van der Waals surface area contributed by atoms with Crippen LogP contribution in [0.5, 0.6) is 0 Å². The molecule has 1 rings (SSSR count). The van der Waals surface area contributed by atoms with Crippen LogP contribution in [0.3, 0.4) is 0 Å². The van der Waals surface area contributed by atoms with Crippen molar-refractivity contribution in [3.8, 4) is 0 Å². The van der Waals surface area contributed by atoms with E-state index in [0.29, 0.717) is 0 Å². The predicted molar refractivity (Wildman–Crippen MR) is 85.4 cm³/mol. The first-order valence-electron chi connectivity index (χ1n) is 7.50. The number of carbonyl (C=O) groups excluding carboxylic acids is 2. The van der Waals surface area contributed by atoms with Crippen molar-refractivity contribution in [1.29, 1.82) is 0 Å². The molecule has 0 amide bonds. The van der Waals surface area contributed by atoms with Gasteiger partial charge in [-0.25, -0.2) is 9.59 Å². The Hall–Kier alpha value is -2.10. The summed E-state index contributed by atoms with van der Waals surface area (Å²) in [4.78, 5) is 24.3. The maximum absolute atomic E-state index is 12.2. The Labute approximate surface area is 132 Å². The summed E-state index contributed by atoms with van der Waals surface area (Å²) in [6, 6.07) is 9.64. The van der Waals surface area contributed by atoms with Crippen molar-refractivity contribution in [3.63, 3.8) is 0 Å². The molecule has 0 saturated heterocycles. The number of ether oxygens (including phenoxy) is 2. The molecule has 0 saturated carbocycles. The fourth-order valence-electron chi connectivity index (χ4n) is 1.88. The topological polar surface area (TPSA) is 52.6 Å². The summed E-state index contributed by atoms with van der Waals surface area (Å²) in [6.07, 6.45) is 1.01. The highest BCUT2D eigenvalue weighted by Crippen LogP contribution is 2.19. The molecule has 4 heteroatoms. The van der Waals surface area contributed by atoms with Gasteiger partial charge in [-0.05, 0) is 33.3 Å². The Morgan fingerprint density at radius 1 is 0.864 bits per heavy atom. The van der Waals surface area contributed by atoms with Crippen molar-refractivity contribution >= 4 is 11.9 Å². The molecule has 1 aromatic rings. The summed E-state index contributed by atoms with van der Waals surface area (Å²) >= 11 is 0. The van der Waals surface area contributed by atoms with Gasteiger partial charge in [0.05, 0.1) is 12.2 Å². The van der Waals surface area contributed by atoms with E-state index in [-0.39, 0.29) is 23.7 Å². The molecule has 0 spiro atoms. The lowest BCUT2D eigenvalue weighted by molar-refractivity contribution is -0.151. The molecule has 1 atom stereocenters. The number of esters is 2. The second kappa shape index (κ2) is 8.37. The zero-order valence-electron chi connectivity index (χ0n) is 13.8. The number of hydrogen-bond acceptors (Lipinski definition) is 4. The molecule has 120 valence electrons. The molecule has 4 nitrogen and oxygen atoms in total. The molecule has 0 aliphatic heterocycles. The monoisotopic (exact) mass is 304 g/mol. The van der Waals surface area contributed by atoms with E-state index in [2.05, 4.69) is 0 Å². The van der Waals surface area contributed by atoms with Crippen LogP contribution in [-0.4, -0.2) is 24.1 Å². The van der Waals surface area contributed by atoms with Crippen molar-refractivity contribution in [2.45, 2.75) is 52.7 Å². The summed E-state index contributed by atoms with van der Waals surface area (Å²) in [5, 5.41) is 0. The van der Waals surface area contributed by atoms with Gasteiger partial charge >= 0.3 is 11.9 Å². The van der Waals surface area contributed by atoms with Crippen LogP contribution in [0.4, 0.5) is 0 Å². The highest BCUT2D eigenvalue weighted by molar-refractivity contribution is 6.14. The summed E-state index contributed by atoms with van der Waals surface area (Å²) in [5.41, 5.74) is 0.952. The van der Waals surface area contributed by atoms with E-state index < -0.39 is 11.9 Å². The van der Waals surface area contributed by atoms with Crippen LogP contribution >= 0.6 is 0 Å². The zero-order chi connectivity index (χ0) is 16.7. The summed E-state index contributed by atoms with van der Waals surface area (Å²) in [6.45, 7) is 8.88. The Balaban J connectivity index is 3.05. The number of rotatable bonds is 6. The molecule has 0 fully saturated rings. The van der Waals surface area contributed by atoms with Crippen LogP contribution in [-0.2, 0) is 19.1 Å². The van der Waals surface area contributed by atoms with Crippen LogP contribution in [0.2, 0.25) is 0 Å². The van der Waals surface area contributed by atoms with E-state index in [1.54, 1.807) is 33.8 Å². The Morgan fingerprint density at radius 3 is 1.73 bits per heavy atom. The minimum Gasteiger partial charge on any atom is -0.459 e. The van der Waals surface area contributed by atoms with Gasteiger partial charge in [-0.3, -0.25) is 0 Å². The molecule has 0 N–H and O–H groups in total. The van der Waals surface area contributed by atoms with E-state index in [9.17, 15) is 9.59 Å². The first kappa shape index (κ1) is 18.0. The number of benzene rings is 1. The third-order valence-electron chi connectivity index (χ3n) is 2.87. The van der Waals surface area contributed by atoms with Gasteiger partial charge in [0.1, 0.15) is 5.57 Å². The maximum atomic E-state index is 12.2. The number of hydrogen-bond donors (Lipinski definition) is 0. The molecular formula is C18H24O4. The second-order valence-corrected chi connectivity index (χ2v) is 5.69. The largest absolute Gasteiger partial charge is 0.459 e. The SMILES string of the molecule is CC(C)OC(=O)C(=C[C@@H](C)c1ccccc1)C(=O)OC(C)C. The summed E-state index contributed by atoms with van der Waals surface area (Å²) in [7, 11) is 0. The lowest BCUT2D eigenvalue weighted by Crippen LogP contribution is -2.23. The van der Waals surface area contributed by atoms with Crippen molar-refractivity contribution in [2.75, 3.05) is 0 Å². The van der Waals surface area contributed by atoms with Gasteiger partial charge in [-0.1, -0.05) is 43.3 Å². The van der Waals surface area contributed by atoms with Crippen molar-refractivity contribution < 1.29 is 19.1 Å². The minimum atomic E-state index is -0.650. The van der Waals surface area contributed by atoms with E-state index in [0.717, 1.165) is 5.56 Å². The van der Waals surface area contributed by atoms with Gasteiger partial charge in [0, 0.05) is 5.92 Å². The zero-order valence-corrected chi connectivity index (χ0v) is 13.8. The van der Waals surface area contributed by atoms with Gasteiger partial charge in [0.25, 0.3) is 0 Å². The highest BCUT2D eigenvalue weighted by Gasteiger charge is 2.24. The minimum absolute atomic E-state index is 0.0567. The normalized spacial score (nSPS) is 12.0. The van der Waals surface area contributed by atoms with E-state index in [1.807, 2.05) is 37.3 Å². The van der Waals surface area contributed by atoms with Gasteiger partial charge in [0.15, 0.2) is 0 Å². The second-order valence-electron chi connectivity index (χ2n) is 5.69. The molecule has 0 heterocycles. The van der Waals surface area contributed by atoms with Gasteiger partial charge in [-0.2, -0.15) is 0 Å². The van der Waals surface area contributed by atoms with Gasteiger partial charge in [-0.15, -0.1) is 0 Å². The van der Waals surface area contributed by atoms with E-state index in [1.165, 1.54) is 0 Å². The standard InChI is InChI=1S/C18H24O4/c1-12(2)21-17(19)16(18(20)22-13(3)4)11-14(5)15-9-7-6-8-10-15/h6-14H,1-5H3/t14-/m1/s1. The van der Waals surface area contributed by atoms with Crippen molar-refractivity contribution in [2.24, 2.45) is 0 Å².